The predicted octanol–water partition coefficient (Wildman–Crippen LogP) is 2.15. The summed E-state index contributed by atoms with van der Waals surface area (Å²) in [7, 11) is -3.66. The van der Waals surface area contributed by atoms with Gasteiger partial charge in [0.1, 0.15) is 5.82 Å². The number of primary sulfonamides is 1. The molecule has 0 radical (unpaired) electrons. The molecular weight excluding hydrogens is 384 g/mol. The van der Waals surface area contributed by atoms with Crippen LogP contribution in [0.2, 0.25) is 0 Å². The van der Waals surface area contributed by atoms with Gasteiger partial charge in [0.15, 0.2) is 11.5 Å². The van der Waals surface area contributed by atoms with Crippen LogP contribution in [0.15, 0.2) is 58.1 Å². The van der Waals surface area contributed by atoms with Crippen molar-refractivity contribution < 1.29 is 8.42 Å². The third-order valence-corrected chi connectivity index (χ3v) is 5.63. The summed E-state index contributed by atoms with van der Waals surface area (Å²) in [6, 6.07) is 12.2. The van der Waals surface area contributed by atoms with Crippen LogP contribution in [0.25, 0.3) is 17.0 Å². The highest BCUT2D eigenvalue weighted by molar-refractivity contribution is 7.89. The normalized spacial score (nSPS) is 11.7. The van der Waals surface area contributed by atoms with Gasteiger partial charge in [-0.3, -0.25) is 0 Å². The SMILES string of the molecule is NS(=O)(=O)c1ccc(CCNc2ccc3nnc(-c4ccsc4)n3n2)cc1. The quantitative estimate of drug-likeness (QED) is 0.512. The fourth-order valence-electron chi connectivity index (χ4n) is 2.64. The lowest BCUT2D eigenvalue weighted by Crippen LogP contribution is -2.12. The fraction of sp³-hybridized carbons (Fsp3) is 0.118. The van der Waals surface area contributed by atoms with Crippen LogP contribution >= 0.6 is 11.3 Å². The molecule has 0 aliphatic carbocycles. The lowest BCUT2D eigenvalue weighted by atomic mass is 10.1. The maximum atomic E-state index is 11.3. The topological polar surface area (TPSA) is 115 Å². The summed E-state index contributed by atoms with van der Waals surface area (Å²) in [5.41, 5.74) is 2.66. The molecule has 0 fully saturated rings. The molecule has 1 aromatic carbocycles. The van der Waals surface area contributed by atoms with Crippen molar-refractivity contribution in [2.45, 2.75) is 11.3 Å². The lowest BCUT2D eigenvalue weighted by Gasteiger charge is -2.07. The third-order valence-electron chi connectivity index (χ3n) is 4.01. The molecule has 138 valence electrons. The summed E-state index contributed by atoms with van der Waals surface area (Å²) in [6.45, 7) is 0.642. The van der Waals surface area contributed by atoms with Gasteiger partial charge in [-0.25, -0.2) is 13.6 Å². The summed E-state index contributed by atoms with van der Waals surface area (Å²) in [5, 5.41) is 25.3. The van der Waals surface area contributed by atoms with Crippen molar-refractivity contribution in [2.24, 2.45) is 5.14 Å². The smallest absolute Gasteiger partial charge is 0.238 e. The highest BCUT2D eigenvalue weighted by atomic mass is 32.2. The van der Waals surface area contributed by atoms with Crippen LogP contribution in [0.1, 0.15) is 5.56 Å². The van der Waals surface area contributed by atoms with E-state index in [4.69, 9.17) is 5.14 Å². The van der Waals surface area contributed by atoms with E-state index >= 15 is 0 Å². The second-order valence-corrected chi connectivity index (χ2v) is 8.23. The summed E-state index contributed by atoms with van der Waals surface area (Å²) >= 11 is 1.59. The first-order valence-electron chi connectivity index (χ1n) is 8.11. The molecule has 0 bridgehead atoms. The van der Waals surface area contributed by atoms with Crippen LogP contribution in [0.5, 0.6) is 0 Å². The number of hydrogen-bond acceptors (Lipinski definition) is 7. The summed E-state index contributed by atoms with van der Waals surface area (Å²) in [4.78, 5) is 0.111. The van der Waals surface area contributed by atoms with Crippen molar-refractivity contribution >= 4 is 32.8 Å². The molecule has 10 heteroatoms. The van der Waals surface area contributed by atoms with E-state index in [1.165, 1.54) is 12.1 Å². The van der Waals surface area contributed by atoms with Gasteiger partial charge < -0.3 is 5.32 Å². The highest BCUT2D eigenvalue weighted by Crippen LogP contribution is 2.20. The van der Waals surface area contributed by atoms with Gasteiger partial charge in [0.2, 0.25) is 10.0 Å². The molecule has 3 aromatic heterocycles. The average molecular weight is 400 g/mol. The fourth-order valence-corrected chi connectivity index (χ4v) is 3.79. The first kappa shape index (κ1) is 17.6. The van der Waals surface area contributed by atoms with Crippen LogP contribution < -0.4 is 10.5 Å². The molecule has 0 atom stereocenters. The zero-order valence-electron chi connectivity index (χ0n) is 14.1. The molecule has 3 N–H and O–H groups in total. The average Bonchev–Trinajstić information content (AvgIpc) is 3.30. The molecule has 0 saturated carbocycles. The van der Waals surface area contributed by atoms with E-state index in [1.54, 1.807) is 28.0 Å². The van der Waals surface area contributed by atoms with E-state index in [-0.39, 0.29) is 4.90 Å². The van der Waals surface area contributed by atoms with Crippen LogP contribution in [0.3, 0.4) is 0 Å². The number of nitrogens with two attached hydrogens (primary N) is 1. The Morgan fingerprint density at radius 3 is 2.59 bits per heavy atom. The summed E-state index contributed by atoms with van der Waals surface area (Å²) in [6.07, 6.45) is 0.712. The predicted molar refractivity (Wildman–Crippen MR) is 104 cm³/mol. The molecule has 0 spiro atoms. The van der Waals surface area contributed by atoms with Crippen molar-refractivity contribution in [1.29, 1.82) is 0 Å². The van der Waals surface area contributed by atoms with E-state index in [9.17, 15) is 8.42 Å². The number of aromatic nitrogens is 4. The number of sulfonamides is 1. The van der Waals surface area contributed by atoms with Crippen molar-refractivity contribution in [1.82, 2.24) is 19.8 Å². The van der Waals surface area contributed by atoms with Crippen LogP contribution in [0, 0.1) is 0 Å². The molecule has 27 heavy (non-hydrogen) atoms. The Morgan fingerprint density at radius 1 is 1.07 bits per heavy atom. The minimum atomic E-state index is -3.66. The van der Waals surface area contributed by atoms with Gasteiger partial charge in [-0.15, -0.1) is 15.3 Å². The highest BCUT2D eigenvalue weighted by Gasteiger charge is 2.10. The molecular formula is C17H16N6O2S2. The Morgan fingerprint density at radius 2 is 1.89 bits per heavy atom. The minimum Gasteiger partial charge on any atom is -0.368 e. The number of rotatable bonds is 6. The van der Waals surface area contributed by atoms with Gasteiger partial charge in [0.25, 0.3) is 0 Å². The van der Waals surface area contributed by atoms with Crippen molar-refractivity contribution in [3.63, 3.8) is 0 Å². The first-order valence-corrected chi connectivity index (χ1v) is 10.6. The van der Waals surface area contributed by atoms with E-state index in [1.807, 2.05) is 29.0 Å². The maximum Gasteiger partial charge on any atom is 0.238 e. The number of thiophene rings is 1. The van der Waals surface area contributed by atoms with Gasteiger partial charge >= 0.3 is 0 Å². The lowest BCUT2D eigenvalue weighted by molar-refractivity contribution is 0.598. The number of anilines is 1. The molecule has 4 rings (SSSR count). The number of fused-ring (bicyclic) bond motifs is 1. The Balaban J connectivity index is 1.45. The molecule has 0 aliphatic rings. The maximum absolute atomic E-state index is 11.3. The summed E-state index contributed by atoms with van der Waals surface area (Å²) < 4.78 is 24.3. The van der Waals surface area contributed by atoms with Gasteiger partial charge in [0.05, 0.1) is 4.90 Å². The molecule has 8 nitrogen and oxygen atoms in total. The van der Waals surface area contributed by atoms with Gasteiger partial charge in [-0.2, -0.15) is 15.9 Å². The Labute approximate surface area is 159 Å². The third kappa shape index (κ3) is 3.82. The minimum absolute atomic E-state index is 0.111. The van der Waals surface area contributed by atoms with E-state index in [2.05, 4.69) is 20.6 Å². The van der Waals surface area contributed by atoms with E-state index < -0.39 is 10.0 Å². The number of nitrogens with one attached hydrogen (secondary N) is 1. The standard InChI is InChI=1S/C17H16N6O2S2/c18-27(24,25)14-3-1-12(2-4-14)7-9-19-15-5-6-16-20-21-17(23(16)22-15)13-8-10-26-11-13/h1-6,8,10-11H,7,9H2,(H,19,22)(H2,18,24,25). The Bertz CT molecular complexity index is 1170. The zero-order chi connectivity index (χ0) is 18.9. The monoisotopic (exact) mass is 400 g/mol. The van der Waals surface area contributed by atoms with Crippen molar-refractivity contribution in [3.05, 3.63) is 58.8 Å². The molecule has 4 aromatic rings. The molecule has 0 saturated heterocycles. The number of hydrogen-bond donors (Lipinski definition) is 2. The summed E-state index contributed by atoms with van der Waals surface area (Å²) in [5.74, 6) is 1.41. The van der Waals surface area contributed by atoms with Crippen LogP contribution in [0.4, 0.5) is 5.82 Å². The molecule has 3 heterocycles. The number of nitrogens with zero attached hydrogens (tertiary/aromatic N) is 4. The van der Waals surface area contributed by atoms with E-state index in [0.717, 1.165) is 11.1 Å². The van der Waals surface area contributed by atoms with E-state index in [0.29, 0.717) is 30.3 Å². The second kappa shape index (κ2) is 7.06. The molecule has 0 amide bonds. The zero-order valence-corrected chi connectivity index (χ0v) is 15.7. The van der Waals surface area contributed by atoms with Crippen molar-refractivity contribution in [3.8, 4) is 11.4 Å². The van der Waals surface area contributed by atoms with Crippen LogP contribution in [-0.2, 0) is 16.4 Å². The van der Waals surface area contributed by atoms with Gasteiger partial charge in [-0.1, -0.05) is 12.1 Å². The number of benzene rings is 1. The Hall–Kier alpha value is -2.82. The molecule has 0 unspecified atom stereocenters. The Kier molecular flexibility index (Phi) is 4.60. The largest absolute Gasteiger partial charge is 0.368 e. The second-order valence-electron chi connectivity index (χ2n) is 5.89. The van der Waals surface area contributed by atoms with Gasteiger partial charge in [-0.05, 0) is 47.7 Å². The van der Waals surface area contributed by atoms with Crippen molar-refractivity contribution in [2.75, 3.05) is 11.9 Å². The van der Waals surface area contributed by atoms with Gasteiger partial charge in [0, 0.05) is 17.5 Å². The van der Waals surface area contributed by atoms with Crippen LogP contribution in [-0.4, -0.2) is 34.8 Å². The first-order chi connectivity index (χ1) is 13.0. The molecule has 0 aliphatic heterocycles.